The highest BCUT2D eigenvalue weighted by atomic mass is 16.5. The van der Waals surface area contributed by atoms with E-state index < -0.39 is 0 Å². The van der Waals surface area contributed by atoms with Crippen molar-refractivity contribution >= 4 is 5.69 Å². The maximum atomic E-state index is 5.08. The average Bonchev–Trinajstić information content (AvgIpc) is 2.26. The summed E-state index contributed by atoms with van der Waals surface area (Å²) in [7, 11) is 3.69. The molecule has 0 radical (unpaired) electrons. The summed E-state index contributed by atoms with van der Waals surface area (Å²) in [5, 5.41) is 0. The summed E-state index contributed by atoms with van der Waals surface area (Å²) >= 11 is 0. The van der Waals surface area contributed by atoms with Gasteiger partial charge in [-0.05, 0) is 31.2 Å². The van der Waals surface area contributed by atoms with Crippen molar-refractivity contribution in [2.45, 2.75) is 6.92 Å². The lowest BCUT2D eigenvalue weighted by atomic mass is 10.3. The van der Waals surface area contributed by atoms with Crippen molar-refractivity contribution in [3.05, 3.63) is 24.3 Å². The second-order valence-electron chi connectivity index (χ2n) is 2.98. The van der Waals surface area contributed by atoms with Gasteiger partial charge < -0.3 is 9.64 Å². The van der Waals surface area contributed by atoms with Gasteiger partial charge in [0.1, 0.15) is 5.75 Å². The van der Waals surface area contributed by atoms with Crippen molar-refractivity contribution in [2.75, 3.05) is 25.6 Å². The second-order valence-corrected chi connectivity index (χ2v) is 2.98. The number of ether oxygens (including phenoxy) is 1. The number of hydrogen-bond donors (Lipinski definition) is 0. The zero-order valence-corrected chi connectivity index (χ0v) is 8.87. The van der Waals surface area contributed by atoms with Gasteiger partial charge >= 0.3 is 0 Å². The molecular formula is C12H15NO. The first-order valence-electron chi connectivity index (χ1n) is 4.52. The van der Waals surface area contributed by atoms with E-state index in [1.807, 2.05) is 38.2 Å². The Morgan fingerprint density at radius 1 is 1.29 bits per heavy atom. The molecule has 2 nitrogen and oxygen atoms in total. The summed E-state index contributed by atoms with van der Waals surface area (Å²) in [4.78, 5) is 2.09. The highest BCUT2D eigenvalue weighted by Gasteiger charge is 1.98. The van der Waals surface area contributed by atoms with Crippen LogP contribution in [0.2, 0.25) is 0 Å². The van der Waals surface area contributed by atoms with Gasteiger partial charge in [-0.1, -0.05) is 5.92 Å². The monoisotopic (exact) mass is 189 g/mol. The number of hydrogen-bond acceptors (Lipinski definition) is 2. The first-order chi connectivity index (χ1) is 6.77. The molecule has 2 heteroatoms. The molecular weight excluding hydrogens is 174 g/mol. The van der Waals surface area contributed by atoms with E-state index in [0.717, 1.165) is 18.0 Å². The third kappa shape index (κ3) is 2.70. The van der Waals surface area contributed by atoms with Crippen LogP contribution in [0.15, 0.2) is 24.3 Å². The van der Waals surface area contributed by atoms with Crippen LogP contribution in [0.1, 0.15) is 6.92 Å². The molecule has 74 valence electrons. The molecule has 0 N–H and O–H groups in total. The van der Waals surface area contributed by atoms with E-state index in [-0.39, 0.29) is 0 Å². The van der Waals surface area contributed by atoms with Gasteiger partial charge in [0.05, 0.1) is 13.7 Å². The maximum Gasteiger partial charge on any atom is 0.119 e. The third-order valence-corrected chi connectivity index (χ3v) is 2.01. The maximum absolute atomic E-state index is 5.08. The SMILES string of the molecule is CC#CCN(C)c1ccc(OC)cc1. The minimum Gasteiger partial charge on any atom is -0.497 e. The highest BCUT2D eigenvalue weighted by molar-refractivity contribution is 5.49. The van der Waals surface area contributed by atoms with Crippen LogP contribution in [0.4, 0.5) is 5.69 Å². The van der Waals surface area contributed by atoms with E-state index in [1.165, 1.54) is 0 Å². The molecule has 1 rings (SSSR count). The lowest BCUT2D eigenvalue weighted by Crippen LogP contribution is -2.16. The van der Waals surface area contributed by atoms with Gasteiger partial charge in [0.25, 0.3) is 0 Å². The van der Waals surface area contributed by atoms with E-state index in [9.17, 15) is 0 Å². The Kier molecular flexibility index (Phi) is 3.87. The number of methoxy groups -OCH3 is 1. The van der Waals surface area contributed by atoms with Gasteiger partial charge in [0, 0.05) is 12.7 Å². The van der Waals surface area contributed by atoms with Gasteiger partial charge in [-0.25, -0.2) is 0 Å². The molecule has 0 heterocycles. The Morgan fingerprint density at radius 3 is 2.43 bits per heavy atom. The third-order valence-electron chi connectivity index (χ3n) is 2.01. The summed E-state index contributed by atoms with van der Waals surface area (Å²) in [5.41, 5.74) is 1.15. The number of rotatable bonds is 3. The molecule has 0 atom stereocenters. The average molecular weight is 189 g/mol. The predicted molar refractivity (Wildman–Crippen MR) is 59.7 cm³/mol. The van der Waals surface area contributed by atoms with Crippen LogP contribution in [-0.4, -0.2) is 20.7 Å². The molecule has 0 saturated heterocycles. The van der Waals surface area contributed by atoms with Crippen LogP contribution >= 0.6 is 0 Å². The Balaban J connectivity index is 2.69. The fourth-order valence-electron chi connectivity index (χ4n) is 1.13. The molecule has 0 aromatic heterocycles. The summed E-state index contributed by atoms with van der Waals surface area (Å²) < 4.78 is 5.08. The standard InChI is InChI=1S/C12H15NO/c1-4-5-10-13(2)11-6-8-12(14-3)9-7-11/h6-9H,10H2,1-3H3. The van der Waals surface area contributed by atoms with Gasteiger partial charge in [-0.2, -0.15) is 0 Å². The van der Waals surface area contributed by atoms with Crippen molar-refractivity contribution in [3.63, 3.8) is 0 Å². The van der Waals surface area contributed by atoms with Crippen molar-refractivity contribution < 1.29 is 4.74 Å². The van der Waals surface area contributed by atoms with Crippen LogP contribution in [0.5, 0.6) is 5.75 Å². The molecule has 0 aliphatic rings. The molecule has 0 aliphatic heterocycles. The number of nitrogens with zero attached hydrogens (tertiary/aromatic N) is 1. The molecule has 0 fully saturated rings. The molecule has 0 aliphatic carbocycles. The number of anilines is 1. The van der Waals surface area contributed by atoms with Crippen LogP contribution in [0.3, 0.4) is 0 Å². The molecule has 0 amide bonds. The second kappa shape index (κ2) is 5.18. The van der Waals surface area contributed by atoms with Crippen molar-refractivity contribution in [1.82, 2.24) is 0 Å². The van der Waals surface area contributed by atoms with Crippen LogP contribution in [0, 0.1) is 11.8 Å². The minimum atomic E-state index is 0.753. The molecule has 1 aromatic carbocycles. The molecule has 0 unspecified atom stereocenters. The Bertz CT molecular complexity index is 332. The van der Waals surface area contributed by atoms with E-state index in [2.05, 4.69) is 16.7 Å². The van der Waals surface area contributed by atoms with Gasteiger partial charge in [-0.3, -0.25) is 0 Å². The first kappa shape index (κ1) is 10.5. The molecule has 0 bridgehead atoms. The van der Waals surface area contributed by atoms with Crippen molar-refractivity contribution in [3.8, 4) is 17.6 Å². The first-order valence-corrected chi connectivity index (χ1v) is 4.52. The summed E-state index contributed by atoms with van der Waals surface area (Å²) in [5.74, 6) is 6.77. The van der Waals surface area contributed by atoms with Gasteiger partial charge in [0.2, 0.25) is 0 Å². The molecule has 1 aromatic rings. The highest BCUT2D eigenvalue weighted by Crippen LogP contribution is 2.17. The van der Waals surface area contributed by atoms with E-state index in [1.54, 1.807) is 7.11 Å². The number of benzene rings is 1. The topological polar surface area (TPSA) is 12.5 Å². The normalized spacial score (nSPS) is 8.79. The Labute approximate surface area is 85.5 Å². The molecule has 14 heavy (non-hydrogen) atoms. The van der Waals surface area contributed by atoms with Gasteiger partial charge in [0.15, 0.2) is 0 Å². The zero-order valence-electron chi connectivity index (χ0n) is 8.87. The van der Waals surface area contributed by atoms with Gasteiger partial charge in [-0.15, -0.1) is 5.92 Å². The van der Waals surface area contributed by atoms with Crippen LogP contribution in [-0.2, 0) is 0 Å². The van der Waals surface area contributed by atoms with Crippen molar-refractivity contribution in [2.24, 2.45) is 0 Å². The van der Waals surface area contributed by atoms with E-state index >= 15 is 0 Å². The Hall–Kier alpha value is -1.62. The summed E-state index contributed by atoms with van der Waals surface area (Å²) in [6.07, 6.45) is 0. The largest absolute Gasteiger partial charge is 0.497 e. The lowest BCUT2D eigenvalue weighted by Gasteiger charge is -2.16. The van der Waals surface area contributed by atoms with Crippen LogP contribution in [0.25, 0.3) is 0 Å². The Morgan fingerprint density at radius 2 is 1.93 bits per heavy atom. The summed E-state index contributed by atoms with van der Waals surface area (Å²) in [6, 6.07) is 7.95. The minimum absolute atomic E-state index is 0.753. The molecule has 0 saturated carbocycles. The fraction of sp³-hybridized carbons (Fsp3) is 0.333. The van der Waals surface area contributed by atoms with E-state index in [0.29, 0.717) is 0 Å². The van der Waals surface area contributed by atoms with Crippen LogP contribution < -0.4 is 9.64 Å². The quantitative estimate of drug-likeness (QED) is 0.675. The fourth-order valence-corrected chi connectivity index (χ4v) is 1.13. The summed E-state index contributed by atoms with van der Waals surface area (Å²) in [6.45, 7) is 2.60. The lowest BCUT2D eigenvalue weighted by molar-refractivity contribution is 0.415. The predicted octanol–water partition coefficient (Wildman–Crippen LogP) is 2.15. The van der Waals surface area contributed by atoms with Crippen molar-refractivity contribution in [1.29, 1.82) is 0 Å². The van der Waals surface area contributed by atoms with E-state index in [4.69, 9.17) is 4.74 Å². The molecule has 0 spiro atoms. The smallest absolute Gasteiger partial charge is 0.119 e. The zero-order chi connectivity index (χ0) is 10.4.